The molecular weight excluding hydrogens is 344 g/mol. The Morgan fingerprint density at radius 1 is 1.00 bits per heavy atom. The van der Waals surface area contributed by atoms with Crippen molar-refractivity contribution in [2.24, 2.45) is 0 Å². The first-order valence-electron chi connectivity index (χ1n) is 7.30. The Balaban J connectivity index is 1.70. The summed E-state index contributed by atoms with van der Waals surface area (Å²) in [6.07, 6.45) is 0. The number of amides is 2. The molecule has 0 bridgehead atoms. The van der Waals surface area contributed by atoms with Crippen LogP contribution in [0.4, 0.5) is 11.4 Å². The van der Waals surface area contributed by atoms with E-state index in [1.807, 2.05) is 0 Å². The van der Waals surface area contributed by atoms with Gasteiger partial charge in [-0.2, -0.15) is 0 Å². The van der Waals surface area contributed by atoms with E-state index in [-0.39, 0.29) is 17.7 Å². The molecule has 0 fully saturated rings. The average molecular weight is 357 g/mol. The number of halogens is 1. The van der Waals surface area contributed by atoms with E-state index >= 15 is 0 Å². The van der Waals surface area contributed by atoms with E-state index in [4.69, 9.17) is 16.0 Å². The number of anilines is 2. The normalized spacial score (nSPS) is 10.3. The maximum Gasteiger partial charge on any atom is 0.313 e. The van der Waals surface area contributed by atoms with Gasteiger partial charge in [0, 0.05) is 28.9 Å². The second-order valence-corrected chi connectivity index (χ2v) is 5.57. The van der Waals surface area contributed by atoms with Gasteiger partial charge in [0.15, 0.2) is 0 Å². The van der Waals surface area contributed by atoms with Gasteiger partial charge >= 0.3 is 11.8 Å². The Morgan fingerprint density at radius 2 is 1.68 bits per heavy atom. The number of nitrogens with one attached hydrogen (secondary N) is 2. The number of nitrogens with zero attached hydrogens (tertiary/aromatic N) is 2. The monoisotopic (exact) mass is 356 g/mol. The lowest BCUT2D eigenvalue weighted by molar-refractivity contribution is -0.114. The van der Waals surface area contributed by atoms with Crippen molar-refractivity contribution in [3.05, 3.63) is 59.4 Å². The van der Waals surface area contributed by atoms with E-state index in [9.17, 15) is 9.59 Å². The summed E-state index contributed by atoms with van der Waals surface area (Å²) in [5, 5.41) is 13.4. The zero-order valence-electron chi connectivity index (χ0n) is 13.1. The lowest BCUT2D eigenvalue weighted by atomic mass is 10.2. The minimum atomic E-state index is -0.534. The summed E-state index contributed by atoms with van der Waals surface area (Å²) >= 11 is 5.92. The zero-order chi connectivity index (χ0) is 17.8. The van der Waals surface area contributed by atoms with E-state index in [1.54, 1.807) is 48.5 Å². The molecule has 0 unspecified atom stereocenters. The largest absolute Gasteiger partial charge is 0.412 e. The highest BCUT2D eigenvalue weighted by molar-refractivity contribution is 6.30. The second kappa shape index (κ2) is 7.14. The van der Waals surface area contributed by atoms with Gasteiger partial charge in [-0.15, -0.1) is 10.2 Å². The molecule has 1 aromatic heterocycles. The predicted molar refractivity (Wildman–Crippen MR) is 93.4 cm³/mol. The Morgan fingerprint density at radius 3 is 2.32 bits per heavy atom. The Bertz CT molecular complexity index is 922. The molecular formula is C17H13ClN4O3. The highest BCUT2D eigenvalue weighted by atomic mass is 35.5. The molecule has 7 nitrogen and oxygen atoms in total. The highest BCUT2D eigenvalue weighted by Gasteiger charge is 2.16. The summed E-state index contributed by atoms with van der Waals surface area (Å²) < 4.78 is 5.39. The van der Waals surface area contributed by atoms with E-state index in [2.05, 4.69) is 20.8 Å². The second-order valence-electron chi connectivity index (χ2n) is 5.14. The van der Waals surface area contributed by atoms with Crippen LogP contribution in [0.1, 0.15) is 17.6 Å². The number of hydrogen-bond acceptors (Lipinski definition) is 5. The van der Waals surface area contributed by atoms with Crippen molar-refractivity contribution in [1.82, 2.24) is 10.2 Å². The first-order valence-corrected chi connectivity index (χ1v) is 7.67. The number of aromatic nitrogens is 2. The number of carbonyl (C=O) groups excluding carboxylic acids is 2. The van der Waals surface area contributed by atoms with Gasteiger partial charge in [0.25, 0.3) is 0 Å². The molecule has 0 saturated carbocycles. The van der Waals surface area contributed by atoms with Crippen molar-refractivity contribution in [2.45, 2.75) is 6.92 Å². The summed E-state index contributed by atoms with van der Waals surface area (Å²) in [7, 11) is 0. The fourth-order valence-electron chi connectivity index (χ4n) is 2.08. The smallest absolute Gasteiger partial charge is 0.313 e. The van der Waals surface area contributed by atoms with Crippen molar-refractivity contribution < 1.29 is 14.0 Å². The fraction of sp³-hybridized carbons (Fsp3) is 0.0588. The fourth-order valence-corrected chi connectivity index (χ4v) is 2.27. The minimum Gasteiger partial charge on any atom is -0.412 e. The molecule has 2 amide bonds. The SMILES string of the molecule is CC(=O)Nc1ccc(NC(=O)c2nnc(-c3cccc(Cl)c3)o2)cc1. The van der Waals surface area contributed by atoms with Gasteiger partial charge in [-0.3, -0.25) is 9.59 Å². The van der Waals surface area contributed by atoms with Gasteiger partial charge in [0.1, 0.15) is 0 Å². The summed E-state index contributed by atoms with van der Waals surface area (Å²) in [6, 6.07) is 13.5. The molecule has 1 heterocycles. The molecule has 2 aromatic carbocycles. The van der Waals surface area contributed by atoms with Crippen molar-refractivity contribution >= 4 is 34.8 Å². The molecule has 25 heavy (non-hydrogen) atoms. The predicted octanol–water partition coefficient (Wildman–Crippen LogP) is 3.60. The van der Waals surface area contributed by atoms with Crippen LogP contribution < -0.4 is 10.6 Å². The van der Waals surface area contributed by atoms with Gasteiger partial charge in [0.05, 0.1) is 0 Å². The molecule has 0 saturated heterocycles. The Kier molecular flexibility index (Phi) is 4.76. The lowest BCUT2D eigenvalue weighted by Gasteiger charge is -2.05. The summed E-state index contributed by atoms with van der Waals surface area (Å²) in [4.78, 5) is 23.2. The highest BCUT2D eigenvalue weighted by Crippen LogP contribution is 2.22. The molecule has 0 aliphatic rings. The third kappa shape index (κ3) is 4.21. The molecule has 3 aromatic rings. The molecule has 2 N–H and O–H groups in total. The van der Waals surface area contributed by atoms with E-state index in [1.165, 1.54) is 6.92 Å². The number of benzene rings is 2. The number of rotatable bonds is 4. The maximum atomic E-state index is 12.2. The van der Waals surface area contributed by atoms with Crippen LogP contribution in [0.25, 0.3) is 11.5 Å². The summed E-state index contributed by atoms with van der Waals surface area (Å²) in [6.45, 7) is 1.42. The van der Waals surface area contributed by atoms with Gasteiger partial charge in [-0.1, -0.05) is 17.7 Å². The van der Waals surface area contributed by atoms with Gasteiger partial charge < -0.3 is 15.1 Å². The topological polar surface area (TPSA) is 97.1 Å². The van der Waals surface area contributed by atoms with Crippen LogP contribution in [0.5, 0.6) is 0 Å². The van der Waals surface area contributed by atoms with Crippen LogP contribution in [0, 0.1) is 0 Å². The van der Waals surface area contributed by atoms with Crippen LogP contribution in [0.3, 0.4) is 0 Å². The number of carbonyl (C=O) groups is 2. The van der Waals surface area contributed by atoms with Crippen LogP contribution in [-0.4, -0.2) is 22.0 Å². The Hall–Kier alpha value is -3.19. The molecule has 0 atom stereocenters. The molecule has 0 aliphatic heterocycles. The number of hydrogen-bond donors (Lipinski definition) is 2. The molecule has 126 valence electrons. The van der Waals surface area contributed by atoms with Crippen molar-refractivity contribution in [3.8, 4) is 11.5 Å². The van der Waals surface area contributed by atoms with Gasteiger partial charge in [-0.05, 0) is 42.5 Å². The molecule has 0 aliphatic carbocycles. The van der Waals surface area contributed by atoms with Crippen LogP contribution in [0.2, 0.25) is 5.02 Å². The molecule has 8 heteroatoms. The summed E-state index contributed by atoms with van der Waals surface area (Å²) in [5.74, 6) is -0.668. The maximum absolute atomic E-state index is 12.2. The molecule has 0 spiro atoms. The third-order valence-corrected chi connectivity index (χ3v) is 3.39. The average Bonchev–Trinajstić information content (AvgIpc) is 3.06. The van der Waals surface area contributed by atoms with Crippen LogP contribution in [0.15, 0.2) is 52.9 Å². The van der Waals surface area contributed by atoms with E-state index in [0.29, 0.717) is 22.0 Å². The van der Waals surface area contributed by atoms with E-state index in [0.717, 1.165) is 0 Å². The van der Waals surface area contributed by atoms with Gasteiger partial charge in [-0.25, -0.2) is 0 Å². The third-order valence-electron chi connectivity index (χ3n) is 3.15. The minimum absolute atomic E-state index is 0.166. The lowest BCUT2D eigenvalue weighted by Crippen LogP contribution is -2.12. The first-order chi connectivity index (χ1) is 12.0. The quantitative estimate of drug-likeness (QED) is 0.744. The van der Waals surface area contributed by atoms with Gasteiger partial charge in [0.2, 0.25) is 11.8 Å². The van der Waals surface area contributed by atoms with Crippen LogP contribution >= 0.6 is 11.6 Å². The molecule has 3 rings (SSSR count). The summed E-state index contributed by atoms with van der Waals surface area (Å²) in [5.41, 5.74) is 1.78. The van der Waals surface area contributed by atoms with Crippen molar-refractivity contribution in [1.29, 1.82) is 0 Å². The van der Waals surface area contributed by atoms with Crippen molar-refractivity contribution in [2.75, 3.05) is 10.6 Å². The van der Waals surface area contributed by atoms with Crippen molar-refractivity contribution in [3.63, 3.8) is 0 Å². The van der Waals surface area contributed by atoms with E-state index < -0.39 is 5.91 Å². The zero-order valence-corrected chi connectivity index (χ0v) is 13.9. The standard InChI is InChI=1S/C17H13ClN4O3/c1-10(23)19-13-5-7-14(8-6-13)20-15(24)17-22-21-16(25-17)11-3-2-4-12(18)9-11/h2-9H,1H3,(H,19,23)(H,20,24). The first kappa shape index (κ1) is 16.7. The molecule has 0 radical (unpaired) electrons. The Labute approximate surface area is 148 Å². The van der Waals surface area contributed by atoms with Crippen LogP contribution in [-0.2, 0) is 4.79 Å².